The molecule has 0 radical (unpaired) electrons. The standard InChI is InChI=1S/C23H24N2O6S/c1-14-18(30-3)12-16(13-19(14)31-4)21(26)24-9-10-25-22(27)20(32-23(25)28)11-15-5-7-17(29-2)8-6-15/h5-8,11-13H,9-10H2,1-4H3,(H,24,26). The van der Waals surface area contributed by atoms with Crippen LogP contribution in [-0.2, 0) is 4.79 Å². The van der Waals surface area contributed by atoms with Gasteiger partial charge in [0.15, 0.2) is 0 Å². The van der Waals surface area contributed by atoms with E-state index in [1.165, 1.54) is 14.2 Å². The predicted molar refractivity (Wildman–Crippen MR) is 122 cm³/mol. The number of thioether (sulfide) groups is 1. The van der Waals surface area contributed by atoms with E-state index in [0.717, 1.165) is 27.8 Å². The Balaban J connectivity index is 1.62. The first-order chi connectivity index (χ1) is 15.4. The number of hydrogen-bond donors (Lipinski definition) is 1. The highest BCUT2D eigenvalue weighted by atomic mass is 32.2. The molecule has 168 valence electrons. The molecule has 0 unspecified atom stereocenters. The molecule has 0 saturated carbocycles. The fourth-order valence-corrected chi connectivity index (χ4v) is 4.01. The molecule has 1 saturated heterocycles. The SMILES string of the molecule is COc1ccc(C=C2SC(=O)N(CCNC(=O)c3cc(OC)c(C)c(OC)c3)C2=O)cc1. The largest absolute Gasteiger partial charge is 0.497 e. The lowest BCUT2D eigenvalue weighted by Crippen LogP contribution is -2.37. The summed E-state index contributed by atoms with van der Waals surface area (Å²) in [5.41, 5.74) is 1.93. The van der Waals surface area contributed by atoms with Crippen LogP contribution < -0.4 is 19.5 Å². The molecule has 0 spiro atoms. The van der Waals surface area contributed by atoms with Gasteiger partial charge in [0.1, 0.15) is 17.2 Å². The van der Waals surface area contributed by atoms with Gasteiger partial charge in [-0.25, -0.2) is 0 Å². The monoisotopic (exact) mass is 456 g/mol. The minimum atomic E-state index is -0.385. The Kier molecular flexibility index (Phi) is 7.42. The van der Waals surface area contributed by atoms with Crippen LogP contribution in [0.25, 0.3) is 6.08 Å². The molecule has 1 aliphatic heterocycles. The second kappa shape index (κ2) is 10.2. The first kappa shape index (κ1) is 23.2. The second-order valence-electron chi connectivity index (χ2n) is 6.87. The molecule has 8 nitrogen and oxygen atoms in total. The van der Waals surface area contributed by atoms with Gasteiger partial charge >= 0.3 is 0 Å². The Bertz CT molecular complexity index is 1040. The lowest BCUT2D eigenvalue weighted by Gasteiger charge is -2.15. The number of carbonyl (C=O) groups is 3. The van der Waals surface area contributed by atoms with Crippen LogP contribution in [0.2, 0.25) is 0 Å². The minimum absolute atomic E-state index is 0.0660. The van der Waals surface area contributed by atoms with Gasteiger partial charge in [-0.3, -0.25) is 19.3 Å². The van der Waals surface area contributed by atoms with Crippen molar-refractivity contribution in [1.29, 1.82) is 0 Å². The van der Waals surface area contributed by atoms with Crippen molar-refractivity contribution in [3.63, 3.8) is 0 Å². The topological polar surface area (TPSA) is 94.2 Å². The Labute approximate surface area is 190 Å². The van der Waals surface area contributed by atoms with Gasteiger partial charge in [0.25, 0.3) is 17.1 Å². The van der Waals surface area contributed by atoms with E-state index in [-0.39, 0.29) is 30.1 Å². The van der Waals surface area contributed by atoms with E-state index in [4.69, 9.17) is 14.2 Å². The molecule has 2 aromatic rings. The zero-order valence-electron chi connectivity index (χ0n) is 18.3. The maximum Gasteiger partial charge on any atom is 0.293 e. The highest BCUT2D eigenvalue weighted by Gasteiger charge is 2.34. The normalized spacial score (nSPS) is 14.6. The zero-order chi connectivity index (χ0) is 23.3. The molecule has 0 aliphatic carbocycles. The smallest absolute Gasteiger partial charge is 0.293 e. The molecule has 3 rings (SSSR count). The number of benzene rings is 2. The summed E-state index contributed by atoms with van der Waals surface area (Å²) < 4.78 is 15.7. The van der Waals surface area contributed by atoms with Crippen LogP contribution in [-0.4, -0.2) is 56.4 Å². The molecule has 1 aliphatic rings. The highest BCUT2D eigenvalue weighted by Crippen LogP contribution is 2.32. The zero-order valence-corrected chi connectivity index (χ0v) is 19.1. The lowest BCUT2D eigenvalue weighted by molar-refractivity contribution is -0.122. The van der Waals surface area contributed by atoms with Crippen molar-refractivity contribution in [2.45, 2.75) is 6.92 Å². The van der Waals surface area contributed by atoms with E-state index < -0.39 is 0 Å². The van der Waals surface area contributed by atoms with Crippen molar-refractivity contribution in [2.75, 3.05) is 34.4 Å². The molecule has 0 bridgehead atoms. The van der Waals surface area contributed by atoms with Crippen molar-refractivity contribution in [1.82, 2.24) is 10.2 Å². The van der Waals surface area contributed by atoms with E-state index in [1.807, 2.05) is 6.92 Å². The fraction of sp³-hybridized carbons (Fsp3) is 0.261. The van der Waals surface area contributed by atoms with Gasteiger partial charge < -0.3 is 19.5 Å². The molecule has 2 aromatic carbocycles. The number of imide groups is 1. The van der Waals surface area contributed by atoms with Crippen LogP contribution in [0.15, 0.2) is 41.3 Å². The Morgan fingerprint density at radius 2 is 1.66 bits per heavy atom. The fourth-order valence-electron chi connectivity index (χ4n) is 3.14. The van der Waals surface area contributed by atoms with Crippen LogP contribution in [0.3, 0.4) is 0 Å². The molecule has 0 atom stereocenters. The van der Waals surface area contributed by atoms with Crippen molar-refractivity contribution in [3.05, 3.63) is 58.0 Å². The molecule has 1 heterocycles. The van der Waals surface area contributed by atoms with Crippen molar-refractivity contribution >= 4 is 34.9 Å². The van der Waals surface area contributed by atoms with Gasteiger partial charge in [-0.2, -0.15) is 0 Å². The summed E-state index contributed by atoms with van der Waals surface area (Å²) in [6.07, 6.45) is 1.66. The van der Waals surface area contributed by atoms with Crippen LogP contribution >= 0.6 is 11.8 Å². The number of hydrogen-bond acceptors (Lipinski definition) is 7. The summed E-state index contributed by atoms with van der Waals surface area (Å²) in [5, 5.41) is 2.35. The molecule has 0 aromatic heterocycles. The van der Waals surface area contributed by atoms with Crippen LogP contribution in [0.1, 0.15) is 21.5 Å². The number of nitrogens with one attached hydrogen (secondary N) is 1. The van der Waals surface area contributed by atoms with Crippen LogP contribution in [0.4, 0.5) is 4.79 Å². The number of carbonyl (C=O) groups excluding carboxylic acids is 3. The van der Waals surface area contributed by atoms with Crippen LogP contribution in [0.5, 0.6) is 17.2 Å². The average Bonchev–Trinajstić information content (AvgIpc) is 3.06. The number of rotatable bonds is 8. The summed E-state index contributed by atoms with van der Waals surface area (Å²) >= 11 is 0.875. The molecule has 3 amide bonds. The number of ether oxygens (including phenoxy) is 3. The van der Waals surface area contributed by atoms with E-state index in [9.17, 15) is 14.4 Å². The summed E-state index contributed by atoms with van der Waals surface area (Å²) in [5.74, 6) is 1.02. The highest BCUT2D eigenvalue weighted by molar-refractivity contribution is 8.18. The van der Waals surface area contributed by atoms with E-state index in [0.29, 0.717) is 27.7 Å². The molecule has 32 heavy (non-hydrogen) atoms. The van der Waals surface area contributed by atoms with Gasteiger partial charge in [-0.05, 0) is 54.6 Å². The average molecular weight is 457 g/mol. The van der Waals surface area contributed by atoms with Crippen LogP contribution in [0, 0.1) is 6.92 Å². The van der Waals surface area contributed by atoms with Gasteiger partial charge in [-0.15, -0.1) is 0 Å². The van der Waals surface area contributed by atoms with Crippen molar-refractivity contribution in [3.8, 4) is 17.2 Å². The minimum Gasteiger partial charge on any atom is -0.497 e. The second-order valence-corrected chi connectivity index (χ2v) is 7.86. The summed E-state index contributed by atoms with van der Waals surface area (Å²) in [7, 11) is 4.61. The molecular weight excluding hydrogens is 432 g/mol. The van der Waals surface area contributed by atoms with E-state index >= 15 is 0 Å². The van der Waals surface area contributed by atoms with E-state index in [2.05, 4.69) is 5.32 Å². The number of methoxy groups -OCH3 is 3. The van der Waals surface area contributed by atoms with Gasteiger partial charge in [0, 0.05) is 24.2 Å². The Hall–Kier alpha value is -3.46. The maximum atomic E-state index is 12.6. The van der Waals surface area contributed by atoms with Gasteiger partial charge in [0.05, 0.1) is 26.2 Å². The van der Waals surface area contributed by atoms with Crippen molar-refractivity contribution < 1.29 is 28.6 Å². The number of amides is 3. The third-order valence-electron chi connectivity index (χ3n) is 4.92. The molecule has 1 fully saturated rings. The third kappa shape index (κ3) is 5.05. The summed E-state index contributed by atoms with van der Waals surface area (Å²) in [6.45, 7) is 2.01. The summed E-state index contributed by atoms with van der Waals surface area (Å²) in [4.78, 5) is 38.9. The number of nitrogens with zero attached hydrogens (tertiary/aromatic N) is 1. The quantitative estimate of drug-likeness (QED) is 0.608. The lowest BCUT2D eigenvalue weighted by atomic mass is 10.1. The van der Waals surface area contributed by atoms with Gasteiger partial charge in [0.2, 0.25) is 0 Å². The third-order valence-corrected chi connectivity index (χ3v) is 5.83. The van der Waals surface area contributed by atoms with Crippen molar-refractivity contribution in [2.24, 2.45) is 0 Å². The molecular formula is C23H24N2O6S. The Morgan fingerprint density at radius 1 is 1.03 bits per heavy atom. The predicted octanol–water partition coefficient (Wildman–Crippen LogP) is 3.49. The first-order valence-corrected chi connectivity index (χ1v) is 10.6. The molecule has 1 N–H and O–H groups in total. The first-order valence-electron chi connectivity index (χ1n) is 9.78. The van der Waals surface area contributed by atoms with E-state index in [1.54, 1.807) is 49.6 Å². The maximum absolute atomic E-state index is 12.6. The Morgan fingerprint density at radius 3 is 2.22 bits per heavy atom. The van der Waals surface area contributed by atoms with Gasteiger partial charge in [-0.1, -0.05) is 12.1 Å². The molecule has 9 heteroatoms. The summed E-state index contributed by atoms with van der Waals surface area (Å²) in [6, 6.07) is 10.4.